The summed E-state index contributed by atoms with van der Waals surface area (Å²) in [5.74, 6) is 0. The Labute approximate surface area is 99.9 Å². The van der Waals surface area contributed by atoms with Crippen LogP contribution >= 0.6 is 11.3 Å². The molecule has 1 aliphatic rings. The Bertz CT molecular complexity index is 487. The Kier molecular flexibility index (Phi) is 3.09. The average molecular weight is 260 g/mol. The number of hydrogen-bond donors (Lipinski definition) is 2. The molecule has 1 aromatic heterocycles. The standard InChI is InChI=1S/C10H16N2O2S2/c1-6-3-10(7(2)15-6)16(13,14)12-9-4-8(11)5-9/h3,8-9,12H,4-5,11H2,1-2H3. The molecule has 1 saturated carbocycles. The third kappa shape index (κ3) is 2.29. The summed E-state index contributed by atoms with van der Waals surface area (Å²) < 4.78 is 26.8. The van der Waals surface area contributed by atoms with E-state index in [1.807, 2.05) is 13.8 Å². The van der Waals surface area contributed by atoms with Crippen LogP contribution in [0, 0.1) is 13.8 Å². The molecule has 2 rings (SSSR count). The zero-order chi connectivity index (χ0) is 11.9. The molecular formula is C10H16N2O2S2. The molecule has 0 spiro atoms. The van der Waals surface area contributed by atoms with Gasteiger partial charge in [0.2, 0.25) is 10.0 Å². The van der Waals surface area contributed by atoms with Gasteiger partial charge in [0, 0.05) is 21.8 Å². The minimum atomic E-state index is -3.35. The van der Waals surface area contributed by atoms with Crippen molar-refractivity contribution in [3.05, 3.63) is 15.8 Å². The van der Waals surface area contributed by atoms with Crippen LogP contribution < -0.4 is 10.5 Å². The summed E-state index contributed by atoms with van der Waals surface area (Å²) in [6, 6.07) is 1.89. The highest BCUT2D eigenvalue weighted by molar-refractivity contribution is 7.89. The van der Waals surface area contributed by atoms with E-state index in [1.165, 1.54) is 11.3 Å². The van der Waals surface area contributed by atoms with Gasteiger partial charge >= 0.3 is 0 Å². The summed E-state index contributed by atoms with van der Waals surface area (Å²) in [6.07, 6.45) is 1.47. The fourth-order valence-electron chi connectivity index (χ4n) is 1.92. The van der Waals surface area contributed by atoms with Gasteiger partial charge in [0.15, 0.2) is 0 Å². The van der Waals surface area contributed by atoms with Gasteiger partial charge in [-0.1, -0.05) is 0 Å². The number of aryl methyl sites for hydroxylation is 2. The van der Waals surface area contributed by atoms with Gasteiger partial charge in [-0.25, -0.2) is 13.1 Å². The molecule has 1 aliphatic carbocycles. The Morgan fingerprint density at radius 1 is 1.44 bits per heavy atom. The molecule has 0 atom stereocenters. The van der Waals surface area contributed by atoms with Crippen molar-refractivity contribution in [2.45, 2.75) is 43.7 Å². The molecule has 16 heavy (non-hydrogen) atoms. The van der Waals surface area contributed by atoms with E-state index in [-0.39, 0.29) is 12.1 Å². The Hall–Kier alpha value is -0.430. The van der Waals surface area contributed by atoms with Crippen molar-refractivity contribution in [1.82, 2.24) is 4.72 Å². The number of rotatable bonds is 3. The van der Waals surface area contributed by atoms with Gasteiger partial charge in [0.1, 0.15) is 0 Å². The molecule has 1 heterocycles. The normalized spacial score (nSPS) is 25.4. The molecule has 6 heteroatoms. The fraction of sp³-hybridized carbons (Fsp3) is 0.600. The van der Waals surface area contributed by atoms with E-state index in [9.17, 15) is 8.42 Å². The summed E-state index contributed by atoms with van der Waals surface area (Å²) in [5, 5.41) is 0. The zero-order valence-corrected chi connectivity index (χ0v) is 11.0. The van der Waals surface area contributed by atoms with Crippen LogP contribution in [0.25, 0.3) is 0 Å². The monoisotopic (exact) mass is 260 g/mol. The molecule has 0 radical (unpaired) electrons. The van der Waals surface area contributed by atoms with Crippen LogP contribution in [0.15, 0.2) is 11.0 Å². The van der Waals surface area contributed by atoms with Crippen molar-refractivity contribution in [3.63, 3.8) is 0 Å². The van der Waals surface area contributed by atoms with Gasteiger partial charge in [-0.3, -0.25) is 0 Å². The molecule has 0 amide bonds. The van der Waals surface area contributed by atoms with Crippen LogP contribution in [0.5, 0.6) is 0 Å². The fourth-order valence-corrected chi connectivity index (χ4v) is 4.73. The molecule has 0 aromatic carbocycles. The predicted molar refractivity (Wildman–Crippen MR) is 65.1 cm³/mol. The highest BCUT2D eigenvalue weighted by Gasteiger charge is 2.31. The molecule has 0 saturated heterocycles. The van der Waals surface area contributed by atoms with Gasteiger partial charge < -0.3 is 5.73 Å². The first-order valence-corrected chi connectivity index (χ1v) is 7.53. The molecule has 90 valence electrons. The second-order valence-electron chi connectivity index (χ2n) is 4.33. The maximum atomic E-state index is 12.0. The highest BCUT2D eigenvalue weighted by atomic mass is 32.2. The smallest absolute Gasteiger partial charge is 0.241 e. The molecule has 1 fully saturated rings. The molecule has 0 aliphatic heterocycles. The minimum Gasteiger partial charge on any atom is -0.328 e. The lowest BCUT2D eigenvalue weighted by molar-refractivity contribution is 0.327. The predicted octanol–water partition coefficient (Wildman–Crippen LogP) is 1.13. The lowest BCUT2D eigenvalue weighted by Crippen LogP contribution is -2.50. The second-order valence-corrected chi connectivity index (χ2v) is 7.47. The number of nitrogens with two attached hydrogens (primary N) is 1. The maximum Gasteiger partial charge on any atom is 0.241 e. The van der Waals surface area contributed by atoms with Crippen molar-refractivity contribution < 1.29 is 8.42 Å². The summed E-state index contributed by atoms with van der Waals surface area (Å²) >= 11 is 1.51. The Morgan fingerprint density at radius 3 is 2.50 bits per heavy atom. The quantitative estimate of drug-likeness (QED) is 0.856. The maximum absolute atomic E-state index is 12.0. The lowest BCUT2D eigenvalue weighted by atomic mass is 9.89. The first-order chi connectivity index (χ1) is 7.38. The van der Waals surface area contributed by atoms with Crippen LogP contribution in [0.2, 0.25) is 0 Å². The molecule has 0 unspecified atom stereocenters. The summed E-state index contributed by atoms with van der Waals surface area (Å²) in [7, 11) is -3.35. The number of thiophene rings is 1. The van der Waals surface area contributed by atoms with Crippen LogP contribution in [0.1, 0.15) is 22.6 Å². The van der Waals surface area contributed by atoms with Crippen molar-refractivity contribution in [2.75, 3.05) is 0 Å². The topological polar surface area (TPSA) is 72.2 Å². The Balaban J connectivity index is 2.16. The van der Waals surface area contributed by atoms with E-state index in [2.05, 4.69) is 4.72 Å². The number of nitrogens with one attached hydrogen (secondary N) is 1. The van der Waals surface area contributed by atoms with E-state index in [1.54, 1.807) is 6.07 Å². The first kappa shape index (κ1) is 12.0. The van der Waals surface area contributed by atoms with E-state index < -0.39 is 10.0 Å². The highest BCUT2D eigenvalue weighted by Crippen LogP contribution is 2.27. The van der Waals surface area contributed by atoms with Crippen molar-refractivity contribution >= 4 is 21.4 Å². The van der Waals surface area contributed by atoms with Crippen LogP contribution in [-0.2, 0) is 10.0 Å². The molecular weight excluding hydrogens is 244 g/mol. The molecule has 1 aromatic rings. The van der Waals surface area contributed by atoms with E-state index in [0.717, 1.165) is 22.6 Å². The summed E-state index contributed by atoms with van der Waals surface area (Å²) in [4.78, 5) is 2.27. The lowest BCUT2D eigenvalue weighted by Gasteiger charge is -2.32. The van der Waals surface area contributed by atoms with Gasteiger partial charge in [0.05, 0.1) is 4.90 Å². The Morgan fingerprint density at radius 2 is 2.06 bits per heavy atom. The third-order valence-corrected chi connectivity index (χ3v) is 5.52. The third-order valence-electron chi connectivity index (χ3n) is 2.78. The van der Waals surface area contributed by atoms with Gasteiger partial charge in [-0.15, -0.1) is 11.3 Å². The number of sulfonamides is 1. The number of hydrogen-bond acceptors (Lipinski definition) is 4. The van der Waals surface area contributed by atoms with Crippen molar-refractivity contribution in [2.24, 2.45) is 5.73 Å². The minimum absolute atomic E-state index is 0.0135. The largest absolute Gasteiger partial charge is 0.328 e. The molecule has 3 N–H and O–H groups in total. The summed E-state index contributed by atoms with van der Waals surface area (Å²) in [6.45, 7) is 3.74. The average Bonchev–Trinajstić information content (AvgIpc) is 2.43. The first-order valence-electron chi connectivity index (χ1n) is 5.23. The van der Waals surface area contributed by atoms with E-state index in [4.69, 9.17) is 5.73 Å². The second kappa shape index (κ2) is 4.10. The van der Waals surface area contributed by atoms with Crippen molar-refractivity contribution in [1.29, 1.82) is 0 Å². The van der Waals surface area contributed by atoms with Gasteiger partial charge in [-0.2, -0.15) is 0 Å². The van der Waals surface area contributed by atoms with E-state index >= 15 is 0 Å². The summed E-state index contributed by atoms with van der Waals surface area (Å²) in [5.41, 5.74) is 5.63. The SMILES string of the molecule is Cc1cc(S(=O)(=O)NC2CC(N)C2)c(C)s1. The van der Waals surface area contributed by atoms with Crippen molar-refractivity contribution in [3.8, 4) is 0 Å². The van der Waals surface area contributed by atoms with Gasteiger partial charge in [-0.05, 0) is 32.8 Å². The zero-order valence-electron chi connectivity index (χ0n) is 9.36. The van der Waals surface area contributed by atoms with Crippen LogP contribution in [0.4, 0.5) is 0 Å². The molecule has 4 nitrogen and oxygen atoms in total. The van der Waals surface area contributed by atoms with Crippen LogP contribution in [-0.4, -0.2) is 20.5 Å². The molecule has 0 bridgehead atoms. The van der Waals surface area contributed by atoms with E-state index in [0.29, 0.717) is 4.90 Å². The van der Waals surface area contributed by atoms with Gasteiger partial charge in [0.25, 0.3) is 0 Å². The van der Waals surface area contributed by atoms with Crippen LogP contribution in [0.3, 0.4) is 0 Å².